The van der Waals surface area contributed by atoms with Gasteiger partial charge < -0.3 is 15.2 Å². The van der Waals surface area contributed by atoms with E-state index in [-0.39, 0.29) is 0 Å². The Labute approximate surface area is 201 Å². The summed E-state index contributed by atoms with van der Waals surface area (Å²) in [6.07, 6.45) is 11.0. The van der Waals surface area contributed by atoms with Crippen LogP contribution in [0, 0.1) is 5.92 Å². The van der Waals surface area contributed by atoms with E-state index >= 15 is 0 Å². The lowest BCUT2D eigenvalue weighted by Crippen LogP contribution is -2.55. The summed E-state index contributed by atoms with van der Waals surface area (Å²) in [5, 5.41) is 3.43. The van der Waals surface area contributed by atoms with Crippen LogP contribution in [0.3, 0.4) is 0 Å². The smallest absolute Gasteiger partial charge is 0.265 e. The van der Waals surface area contributed by atoms with Crippen LogP contribution in [0.15, 0.2) is 39.1 Å². The van der Waals surface area contributed by atoms with Gasteiger partial charge in [0.15, 0.2) is 35.2 Å². The number of nitrogens with zero attached hydrogens (tertiary/aromatic N) is 8. The highest BCUT2D eigenvalue weighted by atomic mass is 15.5. The third-order valence-corrected chi connectivity index (χ3v) is 6.64. The quantitative estimate of drug-likeness (QED) is 0.371. The number of unbranched alkanes of at least 4 members (excludes halogenated alkanes) is 1. The molecule has 0 bridgehead atoms. The molecule has 0 aromatic rings. The molecule has 0 radical (unpaired) electrons. The average Bonchev–Trinajstić information content (AvgIpc) is 3.40. The summed E-state index contributed by atoms with van der Waals surface area (Å²) in [5.41, 5.74) is 1.63. The fourth-order valence-corrected chi connectivity index (χ4v) is 4.72. The number of fused-ring (bicyclic) bond motifs is 2. The Bertz CT molecular complexity index is 1110. The summed E-state index contributed by atoms with van der Waals surface area (Å²) in [6, 6.07) is 0. The van der Waals surface area contributed by atoms with E-state index in [4.69, 9.17) is 15.0 Å². The molecular weight excluding hydrogens is 428 g/mol. The molecule has 10 nitrogen and oxygen atoms in total. The zero-order valence-electron chi connectivity index (χ0n) is 20.5. The Hall–Kier alpha value is -2.98. The number of aliphatic imine (C=N–C) groups is 3. The highest BCUT2D eigenvalue weighted by Gasteiger charge is 2.46. The first-order chi connectivity index (χ1) is 16.7. The van der Waals surface area contributed by atoms with Crippen molar-refractivity contribution in [2.45, 2.75) is 52.9 Å². The lowest BCUT2D eigenvalue weighted by Gasteiger charge is -2.37. The first kappa shape index (κ1) is 22.8. The van der Waals surface area contributed by atoms with E-state index < -0.39 is 0 Å². The van der Waals surface area contributed by atoms with Crippen molar-refractivity contribution < 1.29 is 4.48 Å². The van der Waals surface area contributed by atoms with Gasteiger partial charge >= 0.3 is 0 Å². The molecule has 180 valence electrons. The van der Waals surface area contributed by atoms with Crippen LogP contribution in [0.4, 0.5) is 5.82 Å². The maximum absolute atomic E-state index is 5.17. The summed E-state index contributed by atoms with van der Waals surface area (Å²) < 4.78 is 0.672. The third-order valence-electron chi connectivity index (χ3n) is 6.64. The number of rotatable bonds is 12. The molecule has 1 unspecified atom stereocenters. The lowest BCUT2D eigenvalue weighted by molar-refractivity contribution is -0.741. The molecule has 0 aromatic heterocycles. The summed E-state index contributed by atoms with van der Waals surface area (Å²) in [4.78, 5) is 34.1. The van der Waals surface area contributed by atoms with Gasteiger partial charge in [-0.1, -0.05) is 27.2 Å². The van der Waals surface area contributed by atoms with Crippen molar-refractivity contribution in [1.82, 2.24) is 25.3 Å². The van der Waals surface area contributed by atoms with Gasteiger partial charge in [-0.3, -0.25) is 0 Å². The van der Waals surface area contributed by atoms with Crippen LogP contribution in [-0.4, -0.2) is 75.2 Å². The Morgan fingerprint density at radius 3 is 2.74 bits per heavy atom. The molecule has 1 atom stereocenters. The van der Waals surface area contributed by atoms with E-state index in [2.05, 4.69) is 57.3 Å². The molecule has 0 saturated heterocycles. The number of quaternary nitrogens is 1. The van der Waals surface area contributed by atoms with Crippen molar-refractivity contribution in [3.05, 3.63) is 24.2 Å². The Morgan fingerprint density at radius 1 is 1.09 bits per heavy atom. The maximum Gasteiger partial charge on any atom is 0.265 e. The molecular formula is C24H35N10+. The number of anilines is 1. The van der Waals surface area contributed by atoms with Gasteiger partial charge in [0.1, 0.15) is 12.2 Å². The highest BCUT2D eigenvalue weighted by Crippen LogP contribution is 2.39. The molecule has 0 aromatic carbocycles. The first-order valence-electron chi connectivity index (χ1n) is 12.7. The van der Waals surface area contributed by atoms with Crippen molar-refractivity contribution in [2.24, 2.45) is 20.9 Å². The molecule has 2 N–H and O–H groups in total. The number of imidazole rings is 1. The summed E-state index contributed by atoms with van der Waals surface area (Å²) in [5.74, 6) is 4.75. The fraction of sp³-hybridized carbons (Fsp3) is 0.583. The van der Waals surface area contributed by atoms with Gasteiger partial charge in [-0.25, -0.2) is 24.4 Å². The van der Waals surface area contributed by atoms with Gasteiger partial charge in [0.05, 0.1) is 19.4 Å². The number of nitrogens with one attached hydrogen (secondary N) is 2. The maximum atomic E-state index is 5.17. The van der Waals surface area contributed by atoms with Crippen molar-refractivity contribution in [3.63, 3.8) is 0 Å². The molecule has 0 amide bonds. The van der Waals surface area contributed by atoms with Gasteiger partial charge in [0, 0.05) is 19.0 Å². The number of H-pyrrole nitrogens is 1. The summed E-state index contributed by atoms with van der Waals surface area (Å²) in [6.45, 7) is 10.9. The van der Waals surface area contributed by atoms with Crippen LogP contribution in [0.5, 0.6) is 0 Å². The van der Waals surface area contributed by atoms with Crippen molar-refractivity contribution in [2.75, 3.05) is 37.6 Å². The fourth-order valence-electron chi connectivity index (χ4n) is 4.72. The molecule has 1 fully saturated rings. The van der Waals surface area contributed by atoms with E-state index in [9.17, 15) is 0 Å². The zero-order valence-corrected chi connectivity index (χ0v) is 20.5. The normalized spacial score (nSPS) is 21.7. The molecule has 4 aliphatic heterocycles. The van der Waals surface area contributed by atoms with Crippen LogP contribution < -0.4 is 10.2 Å². The Morgan fingerprint density at radius 2 is 1.97 bits per heavy atom. The number of likely N-dealkylation sites (N-methyl/N-ethyl adjacent to an activating group) is 1. The Balaban J connectivity index is 1.61. The van der Waals surface area contributed by atoms with Crippen molar-refractivity contribution in [3.8, 4) is 11.5 Å². The minimum atomic E-state index is 0.480. The average molecular weight is 464 g/mol. The van der Waals surface area contributed by atoms with Crippen LogP contribution in [0.1, 0.15) is 52.9 Å². The van der Waals surface area contributed by atoms with Crippen molar-refractivity contribution >= 4 is 23.8 Å². The summed E-state index contributed by atoms with van der Waals surface area (Å²) in [7, 11) is 0. The topological polar surface area (TPSA) is 107 Å². The van der Waals surface area contributed by atoms with Gasteiger partial charge in [-0.05, 0) is 32.2 Å². The molecule has 5 rings (SSSR count). The van der Waals surface area contributed by atoms with Gasteiger partial charge in [0.25, 0.3) is 5.84 Å². The zero-order chi connectivity index (χ0) is 23.5. The summed E-state index contributed by atoms with van der Waals surface area (Å²) >= 11 is 0. The lowest BCUT2D eigenvalue weighted by atomic mass is 10.2. The minimum absolute atomic E-state index is 0.480. The molecule has 1 saturated carbocycles. The van der Waals surface area contributed by atoms with Gasteiger partial charge in [-0.2, -0.15) is 9.98 Å². The standard InChI is InChI=1S/C24H35N10/c1-4-7-13-34(12-5-2)16-30-23(19-24(34)32-20(31-19)17-8-9-17)33(11-10-25-6-3)22-18-21(27-14-26-18)28-15-29-22/h14-17,25H,4-13H2,1-3H3,(H,26,27,28,29)/q+1. The number of hydrogen-bond acceptors (Lipinski definition) is 8. The van der Waals surface area contributed by atoms with E-state index in [1.807, 2.05) is 0 Å². The second-order valence-corrected chi connectivity index (χ2v) is 9.23. The Kier molecular flexibility index (Phi) is 6.51. The molecule has 5 aliphatic rings. The number of aromatic amines is 1. The SMILES string of the molecule is CCCC[N+]1(CCC)C=NC(N(CCNCC)c2nc[nH]c3ncnc2-3)=C2N=C(C3CC3)N=C21. The molecule has 1 aliphatic carbocycles. The van der Waals surface area contributed by atoms with E-state index in [0.29, 0.717) is 22.8 Å². The van der Waals surface area contributed by atoms with E-state index in [1.54, 1.807) is 12.7 Å². The van der Waals surface area contributed by atoms with Crippen LogP contribution in [0.2, 0.25) is 0 Å². The van der Waals surface area contributed by atoms with Crippen LogP contribution in [-0.2, 0) is 0 Å². The second kappa shape index (κ2) is 9.71. The molecule has 4 heterocycles. The minimum Gasteiger partial charge on any atom is -0.329 e. The highest BCUT2D eigenvalue weighted by molar-refractivity contribution is 6.13. The monoisotopic (exact) mass is 463 g/mol. The van der Waals surface area contributed by atoms with E-state index in [0.717, 1.165) is 80.1 Å². The second-order valence-electron chi connectivity index (χ2n) is 9.23. The third kappa shape index (κ3) is 4.16. The van der Waals surface area contributed by atoms with Gasteiger partial charge in [0.2, 0.25) is 0 Å². The number of aromatic nitrogens is 4. The van der Waals surface area contributed by atoms with Gasteiger partial charge in [-0.15, -0.1) is 0 Å². The largest absolute Gasteiger partial charge is 0.329 e. The molecule has 0 spiro atoms. The predicted molar refractivity (Wildman–Crippen MR) is 135 cm³/mol. The molecule has 34 heavy (non-hydrogen) atoms. The molecule has 10 heteroatoms. The van der Waals surface area contributed by atoms with E-state index in [1.165, 1.54) is 12.8 Å². The van der Waals surface area contributed by atoms with Crippen LogP contribution >= 0.6 is 0 Å². The van der Waals surface area contributed by atoms with Crippen molar-refractivity contribution in [1.29, 1.82) is 0 Å². The van der Waals surface area contributed by atoms with Crippen LogP contribution in [0.25, 0.3) is 11.5 Å². The number of hydrogen-bond donors (Lipinski definition) is 2. The predicted octanol–water partition coefficient (Wildman–Crippen LogP) is 3.18. The first-order valence-corrected chi connectivity index (χ1v) is 12.7. The number of amidine groups is 2.